The number of nitrogens with one attached hydrogen (secondary N) is 1. The van der Waals surface area contributed by atoms with Crippen LogP contribution in [0.1, 0.15) is 26.7 Å². The van der Waals surface area contributed by atoms with E-state index >= 15 is 0 Å². The van der Waals surface area contributed by atoms with Gasteiger partial charge < -0.3 is 10.4 Å². The van der Waals surface area contributed by atoms with Crippen LogP contribution in [-0.4, -0.2) is 27.4 Å². The summed E-state index contributed by atoms with van der Waals surface area (Å²) in [5, 5.41) is 23.6. The molecular weight excluding hydrogens is 226 g/mol. The second-order valence-corrected chi connectivity index (χ2v) is 4.57. The molecule has 4 nitrogen and oxygen atoms in total. The van der Waals surface area contributed by atoms with Crippen LogP contribution in [-0.2, 0) is 0 Å². The molecule has 2 N–H and O–H groups in total. The minimum atomic E-state index is -0.682. The van der Waals surface area contributed by atoms with Crippen LogP contribution in [0.3, 0.4) is 0 Å². The molecule has 0 radical (unpaired) electrons. The second-order valence-electron chi connectivity index (χ2n) is 4.57. The zero-order chi connectivity index (χ0) is 13.0. The van der Waals surface area contributed by atoms with Crippen LogP contribution in [0.25, 0.3) is 10.8 Å². The van der Waals surface area contributed by atoms with Gasteiger partial charge in [-0.05, 0) is 12.8 Å². The average Bonchev–Trinajstić information content (AvgIpc) is 2.44. The molecule has 0 aliphatic carbocycles. The van der Waals surface area contributed by atoms with Gasteiger partial charge in [-0.3, -0.25) is 0 Å². The van der Waals surface area contributed by atoms with Gasteiger partial charge in [0.1, 0.15) is 0 Å². The first-order valence-corrected chi connectivity index (χ1v) is 6.35. The number of fused-ring (bicyclic) bond motifs is 1. The van der Waals surface area contributed by atoms with E-state index < -0.39 is 5.60 Å². The minimum absolute atomic E-state index is 0.489. The molecule has 2 aromatic rings. The van der Waals surface area contributed by atoms with Gasteiger partial charge in [0.25, 0.3) is 0 Å². The molecule has 0 aliphatic rings. The molecule has 1 heterocycles. The summed E-state index contributed by atoms with van der Waals surface area (Å²) in [5.41, 5.74) is -0.682. The summed E-state index contributed by atoms with van der Waals surface area (Å²) < 4.78 is 0. The molecule has 1 aromatic carbocycles. The first-order valence-electron chi connectivity index (χ1n) is 6.35. The van der Waals surface area contributed by atoms with Crippen molar-refractivity contribution in [1.29, 1.82) is 0 Å². The van der Waals surface area contributed by atoms with Crippen LogP contribution in [0.15, 0.2) is 30.5 Å². The predicted molar refractivity (Wildman–Crippen MR) is 73.6 cm³/mol. The third-order valence-electron chi connectivity index (χ3n) is 3.47. The number of nitrogens with zero attached hydrogens (tertiary/aromatic N) is 2. The number of benzene rings is 1. The van der Waals surface area contributed by atoms with E-state index in [0.29, 0.717) is 19.4 Å². The van der Waals surface area contributed by atoms with Gasteiger partial charge in [-0.1, -0.05) is 38.1 Å². The van der Waals surface area contributed by atoms with Gasteiger partial charge in [-0.15, -0.1) is 5.10 Å². The van der Waals surface area contributed by atoms with E-state index in [1.54, 1.807) is 6.20 Å². The van der Waals surface area contributed by atoms with E-state index in [9.17, 15) is 5.11 Å². The van der Waals surface area contributed by atoms with Gasteiger partial charge in [0.05, 0.1) is 11.8 Å². The van der Waals surface area contributed by atoms with Crippen LogP contribution < -0.4 is 5.32 Å². The Morgan fingerprint density at radius 2 is 1.94 bits per heavy atom. The van der Waals surface area contributed by atoms with Gasteiger partial charge in [0, 0.05) is 17.3 Å². The maximum Gasteiger partial charge on any atom is 0.156 e. The summed E-state index contributed by atoms with van der Waals surface area (Å²) >= 11 is 0. The van der Waals surface area contributed by atoms with Crippen molar-refractivity contribution in [3.05, 3.63) is 30.5 Å². The van der Waals surface area contributed by atoms with Gasteiger partial charge in [-0.25, -0.2) is 0 Å². The molecule has 0 atom stereocenters. The van der Waals surface area contributed by atoms with Crippen molar-refractivity contribution in [2.45, 2.75) is 32.3 Å². The highest BCUT2D eigenvalue weighted by Gasteiger charge is 2.22. The van der Waals surface area contributed by atoms with E-state index in [-0.39, 0.29) is 0 Å². The SMILES string of the molecule is CCC(O)(CC)CNc1nncc2ccccc12. The molecule has 0 fully saturated rings. The van der Waals surface area contributed by atoms with E-state index in [1.165, 1.54) is 0 Å². The molecule has 2 rings (SSSR count). The maximum absolute atomic E-state index is 10.3. The Bertz CT molecular complexity index is 518. The molecule has 0 bridgehead atoms. The van der Waals surface area contributed by atoms with E-state index in [0.717, 1.165) is 16.6 Å². The molecule has 0 unspecified atom stereocenters. The first-order chi connectivity index (χ1) is 8.68. The Kier molecular flexibility index (Phi) is 3.77. The van der Waals surface area contributed by atoms with Crippen molar-refractivity contribution in [2.75, 3.05) is 11.9 Å². The van der Waals surface area contributed by atoms with Crippen LogP contribution >= 0.6 is 0 Å². The van der Waals surface area contributed by atoms with Crippen LogP contribution in [0.4, 0.5) is 5.82 Å². The molecule has 0 amide bonds. The largest absolute Gasteiger partial charge is 0.388 e. The lowest BCUT2D eigenvalue weighted by Gasteiger charge is -2.25. The molecule has 18 heavy (non-hydrogen) atoms. The lowest BCUT2D eigenvalue weighted by Crippen LogP contribution is -2.35. The van der Waals surface area contributed by atoms with Crippen molar-refractivity contribution in [1.82, 2.24) is 10.2 Å². The minimum Gasteiger partial charge on any atom is -0.388 e. The predicted octanol–water partition coefficient (Wildman–Crippen LogP) is 2.59. The lowest BCUT2D eigenvalue weighted by atomic mass is 9.97. The van der Waals surface area contributed by atoms with Gasteiger partial charge in [0.2, 0.25) is 0 Å². The van der Waals surface area contributed by atoms with Crippen molar-refractivity contribution in [3.63, 3.8) is 0 Å². The first kappa shape index (κ1) is 12.8. The fourth-order valence-corrected chi connectivity index (χ4v) is 1.91. The van der Waals surface area contributed by atoms with Gasteiger partial charge in [0.15, 0.2) is 5.82 Å². The zero-order valence-electron chi connectivity index (χ0n) is 10.8. The quantitative estimate of drug-likeness (QED) is 0.850. The summed E-state index contributed by atoms with van der Waals surface area (Å²) in [4.78, 5) is 0. The Morgan fingerprint density at radius 3 is 2.67 bits per heavy atom. The van der Waals surface area contributed by atoms with Crippen LogP contribution in [0, 0.1) is 0 Å². The second kappa shape index (κ2) is 5.31. The molecule has 0 aliphatic heterocycles. The number of hydrogen-bond acceptors (Lipinski definition) is 4. The maximum atomic E-state index is 10.3. The summed E-state index contributed by atoms with van der Waals surface area (Å²) in [6, 6.07) is 7.95. The van der Waals surface area contributed by atoms with E-state index in [1.807, 2.05) is 38.1 Å². The third kappa shape index (κ3) is 2.59. The monoisotopic (exact) mass is 245 g/mol. The van der Waals surface area contributed by atoms with E-state index in [2.05, 4.69) is 15.5 Å². The van der Waals surface area contributed by atoms with Crippen molar-refractivity contribution in [3.8, 4) is 0 Å². The van der Waals surface area contributed by atoms with E-state index in [4.69, 9.17) is 0 Å². The fraction of sp³-hybridized carbons (Fsp3) is 0.429. The Morgan fingerprint density at radius 1 is 1.22 bits per heavy atom. The average molecular weight is 245 g/mol. The number of anilines is 1. The molecule has 0 saturated carbocycles. The molecule has 4 heteroatoms. The Balaban J connectivity index is 2.22. The lowest BCUT2D eigenvalue weighted by molar-refractivity contribution is 0.0456. The standard InChI is InChI=1S/C14H19N3O/c1-3-14(18,4-2)10-15-13-12-8-6-5-7-11(12)9-16-17-13/h5-9,18H,3-4,10H2,1-2H3,(H,15,17). The topological polar surface area (TPSA) is 58.0 Å². The zero-order valence-corrected chi connectivity index (χ0v) is 10.8. The summed E-state index contributed by atoms with van der Waals surface area (Å²) in [6.45, 7) is 4.46. The number of aromatic nitrogens is 2. The molecule has 96 valence electrons. The molecular formula is C14H19N3O. The number of hydrogen-bond donors (Lipinski definition) is 2. The highest BCUT2D eigenvalue weighted by Crippen LogP contribution is 2.21. The molecule has 0 spiro atoms. The van der Waals surface area contributed by atoms with Crippen molar-refractivity contribution in [2.24, 2.45) is 0 Å². The summed E-state index contributed by atoms with van der Waals surface area (Å²) in [5.74, 6) is 0.730. The summed E-state index contributed by atoms with van der Waals surface area (Å²) in [6.07, 6.45) is 3.18. The van der Waals surface area contributed by atoms with Crippen LogP contribution in [0.5, 0.6) is 0 Å². The van der Waals surface area contributed by atoms with Gasteiger partial charge in [-0.2, -0.15) is 5.10 Å². The van der Waals surface area contributed by atoms with Crippen LogP contribution in [0.2, 0.25) is 0 Å². The summed E-state index contributed by atoms with van der Waals surface area (Å²) in [7, 11) is 0. The number of rotatable bonds is 5. The van der Waals surface area contributed by atoms with Crippen molar-refractivity contribution >= 4 is 16.6 Å². The van der Waals surface area contributed by atoms with Gasteiger partial charge >= 0.3 is 0 Å². The highest BCUT2D eigenvalue weighted by molar-refractivity contribution is 5.90. The fourth-order valence-electron chi connectivity index (χ4n) is 1.91. The Labute approximate surface area is 107 Å². The number of aliphatic hydroxyl groups is 1. The molecule has 1 aromatic heterocycles. The molecule has 0 saturated heterocycles. The smallest absolute Gasteiger partial charge is 0.156 e. The highest BCUT2D eigenvalue weighted by atomic mass is 16.3. The third-order valence-corrected chi connectivity index (χ3v) is 3.47. The normalized spacial score (nSPS) is 11.7. The Hall–Kier alpha value is -1.68. The van der Waals surface area contributed by atoms with Crippen molar-refractivity contribution < 1.29 is 5.11 Å².